The number of pyridine rings is 1. The molecule has 3 heteroatoms. The van der Waals surface area contributed by atoms with Gasteiger partial charge in [0.2, 0.25) is 0 Å². The standard InChI is InChI=1S/C13H27.C5H3FN.Sn/c1-4-7-10-13(11-8-5-2)12-9-6-3;6-5-2-1-3-7-4-5;/h4-12H2,1-3H3;2-4H;. The van der Waals surface area contributed by atoms with Gasteiger partial charge in [-0.05, 0) is 0 Å². The Labute approximate surface area is 140 Å². The van der Waals surface area contributed by atoms with Crippen LogP contribution in [0, 0.1) is 5.82 Å². The second-order valence-corrected chi connectivity index (χ2v) is 11.5. The van der Waals surface area contributed by atoms with Crippen molar-refractivity contribution in [2.24, 2.45) is 0 Å². The van der Waals surface area contributed by atoms with Crippen molar-refractivity contribution in [2.45, 2.75) is 82.0 Å². The van der Waals surface area contributed by atoms with Crippen molar-refractivity contribution in [2.75, 3.05) is 0 Å². The third-order valence-electron chi connectivity index (χ3n) is 4.14. The van der Waals surface area contributed by atoms with E-state index in [1.165, 1.54) is 67.6 Å². The summed E-state index contributed by atoms with van der Waals surface area (Å²) in [5, 5.41) is 0. The van der Waals surface area contributed by atoms with Crippen LogP contribution in [0.5, 0.6) is 0 Å². The Balaban J connectivity index is 2.88. The van der Waals surface area contributed by atoms with Crippen molar-refractivity contribution in [1.29, 1.82) is 0 Å². The number of rotatable bonds is 11. The zero-order chi connectivity index (χ0) is 15.6. The van der Waals surface area contributed by atoms with Crippen LogP contribution in [0.25, 0.3) is 0 Å². The van der Waals surface area contributed by atoms with Gasteiger partial charge in [0, 0.05) is 0 Å². The topological polar surface area (TPSA) is 12.9 Å². The van der Waals surface area contributed by atoms with E-state index >= 15 is 0 Å². The van der Waals surface area contributed by atoms with Crippen molar-refractivity contribution < 1.29 is 4.39 Å². The molecule has 0 aliphatic carbocycles. The average molecular weight is 398 g/mol. The molecule has 0 saturated heterocycles. The zero-order valence-electron chi connectivity index (χ0n) is 13.9. The molecule has 21 heavy (non-hydrogen) atoms. The van der Waals surface area contributed by atoms with E-state index < -0.39 is 21.1 Å². The van der Waals surface area contributed by atoms with Gasteiger partial charge in [-0.3, -0.25) is 0 Å². The first-order chi connectivity index (χ1) is 10.2. The van der Waals surface area contributed by atoms with Crippen LogP contribution in [0.2, 0.25) is 3.43 Å². The van der Waals surface area contributed by atoms with Gasteiger partial charge in [0.1, 0.15) is 0 Å². The molecular weight excluding hydrogens is 368 g/mol. The maximum absolute atomic E-state index is 13.5. The van der Waals surface area contributed by atoms with Gasteiger partial charge in [-0.1, -0.05) is 0 Å². The summed E-state index contributed by atoms with van der Waals surface area (Å²) in [5.74, 6) is -0.163. The first-order valence-corrected chi connectivity index (χ1v) is 11.4. The maximum atomic E-state index is 13.5. The van der Waals surface area contributed by atoms with E-state index in [9.17, 15) is 4.39 Å². The first kappa shape index (κ1) is 18.9. The molecule has 118 valence electrons. The Morgan fingerprint density at radius 2 is 1.48 bits per heavy atom. The van der Waals surface area contributed by atoms with Gasteiger partial charge >= 0.3 is 140 Å². The molecule has 0 aliphatic rings. The van der Waals surface area contributed by atoms with Crippen molar-refractivity contribution in [1.82, 2.24) is 4.98 Å². The molecule has 0 bridgehead atoms. The van der Waals surface area contributed by atoms with E-state index in [0.717, 1.165) is 0 Å². The van der Waals surface area contributed by atoms with E-state index in [1.54, 1.807) is 6.07 Å². The molecule has 0 N–H and O–H groups in total. The van der Waals surface area contributed by atoms with Gasteiger partial charge in [0.15, 0.2) is 0 Å². The number of nitrogens with zero attached hydrogens (tertiary/aromatic N) is 1. The van der Waals surface area contributed by atoms with E-state index in [0.29, 0.717) is 3.43 Å². The van der Waals surface area contributed by atoms with Gasteiger partial charge in [-0.25, -0.2) is 0 Å². The number of hydrogen-bond acceptors (Lipinski definition) is 1. The molecule has 1 nitrogen and oxygen atoms in total. The Kier molecular flexibility index (Phi) is 9.53. The van der Waals surface area contributed by atoms with Gasteiger partial charge in [0.25, 0.3) is 0 Å². The quantitative estimate of drug-likeness (QED) is 0.463. The summed E-state index contributed by atoms with van der Waals surface area (Å²) in [6.45, 7) is 6.83. The molecule has 1 heterocycles. The van der Waals surface area contributed by atoms with E-state index in [2.05, 4.69) is 25.8 Å². The van der Waals surface area contributed by atoms with E-state index in [1.807, 2.05) is 6.20 Å². The molecule has 0 aromatic carbocycles. The molecular formula is C18H30FNSn. The third-order valence-corrected chi connectivity index (χ3v) is 9.40. The first-order valence-electron chi connectivity index (χ1n) is 8.54. The van der Waals surface area contributed by atoms with Crippen molar-refractivity contribution in [3.05, 3.63) is 24.3 Å². The second-order valence-electron chi connectivity index (χ2n) is 6.11. The summed E-state index contributed by atoms with van der Waals surface area (Å²) < 4.78 is 15.2. The van der Waals surface area contributed by atoms with Gasteiger partial charge in [-0.2, -0.15) is 0 Å². The fraction of sp³-hybridized carbons (Fsp3) is 0.722. The average Bonchev–Trinajstić information content (AvgIpc) is 2.48. The van der Waals surface area contributed by atoms with Crippen LogP contribution in [-0.4, -0.2) is 26.1 Å². The Bertz CT molecular complexity index is 373. The second kappa shape index (κ2) is 10.6. The van der Waals surface area contributed by atoms with E-state index in [4.69, 9.17) is 0 Å². The minimum absolute atomic E-state index is 0.163. The van der Waals surface area contributed by atoms with E-state index in [-0.39, 0.29) is 5.82 Å². The predicted octanol–water partition coefficient (Wildman–Crippen LogP) is 5.28. The van der Waals surface area contributed by atoms with Crippen molar-refractivity contribution in [3.63, 3.8) is 0 Å². The van der Waals surface area contributed by atoms with Crippen LogP contribution in [0.4, 0.5) is 4.39 Å². The minimum atomic E-state index is -0.819. The fourth-order valence-corrected chi connectivity index (χ4v) is 8.22. The molecule has 0 saturated carbocycles. The van der Waals surface area contributed by atoms with Crippen LogP contribution in [0.1, 0.15) is 78.6 Å². The van der Waals surface area contributed by atoms with Gasteiger partial charge in [-0.15, -0.1) is 0 Å². The summed E-state index contributed by atoms with van der Waals surface area (Å²) in [6, 6.07) is 1.75. The Morgan fingerprint density at radius 3 is 1.90 bits per heavy atom. The SMILES string of the molecule is CCCC[C](CCCC)(CCCC)[Sn][c]1cncc(F)c1. The number of unbranched alkanes of at least 4 members (excludes halogenated alkanes) is 3. The molecule has 0 fully saturated rings. The van der Waals surface area contributed by atoms with Crippen molar-refractivity contribution >= 4 is 24.7 Å². The normalized spacial score (nSPS) is 11.8. The molecule has 1 rings (SSSR count). The molecule has 0 unspecified atom stereocenters. The summed E-state index contributed by atoms with van der Waals surface area (Å²) in [5.41, 5.74) is 0. The Morgan fingerprint density at radius 1 is 0.952 bits per heavy atom. The molecule has 1 aromatic heterocycles. The summed E-state index contributed by atoms with van der Waals surface area (Å²) >= 11 is -0.819. The molecule has 0 atom stereocenters. The molecule has 0 aliphatic heterocycles. The van der Waals surface area contributed by atoms with Gasteiger partial charge < -0.3 is 0 Å². The summed E-state index contributed by atoms with van der Waals surface area (Å²) in [7, 11) is 0. The Hall–Kier alpha value is -0.121. The predicted molar refractivity (Wildman–Crippen MR) is 90.9 cm³/mol. The number of hydrogen-bond donors (Lipinski definition) is 0. The van der Waals surface area contributed by atoms with Crippen molar-refractivity contribution in [3.8, 4) is 0 Å². The molecule has 0 amide bonds. The fourth-order valence-electron chi connectivity index (χ4n) is 2.89. The third kappa shape index (κ3) is 7.12. The number of aromatic nitrogens is 1. The van der Waals surface area contributed by atoms with Crippen LogP contribution in [0.15, 0.2) is 18.5 Å². The molecule has 0 spiro atoms. The summed E-state index contributed by atoms with van der Waals surface area (Å²) in [4.78, 5) is 4.08. The monoisotopic (exact) mass is 399 g/mol. The summed E-state index contributed by atoms with van der Waals surface area (Å²) in [6.07, 6.45) is 15.0. The molecule has 2 radical (unpaired) electrons. The van der Waals surface area contributed by atoms with Gasteiger partial charge in [0.05, 0.1) is 0 Å². The molecule has 1 aromatic rings. The number of halogens is 1. The zero-order valence-corrected chi connectivity index (χ0v) is 16.8. The van der Waals surface area contributed by atoms with Crippen LogP contribution in [-0.2, 0) is 0 Å². The van der Waals surface area contributed by atoms with Crippen LogP contribution in [0.3, 0.4) is 0 Å². The van der Waals surface area contributed by atoms with Crippen LogP contribution < -0.4 is 3.58 Å². The van der Waals surface area contributed by atoms with Crippen LogP contribution >= 0.6 is 0 Å².